The Labute approximate surface area is 347 Å². The number of nitrogens with zero attached hydrogens (tertiary/aromatic N) is 3. The van der Waals surface area contributed by atoms with Crippen molar-refractivity contribution in [3.05, 3.63) is 87.5 Å². The molecule has 0 fully saturated rings. The zero-order chi connectivity index (χ0) is 47.5. The molecule has 3 aromatic carbocycles. The van der Waals surface area contributed by atoms with E-state index in [-0.39, 0.29) is 74.3 Å². The second-order valence-electron chi connectivity index (χ2n) is 13.8. The molecule has 63 heavy (non-hydrogen) atoms. The topological polar surface area (TPSA) is 145 Å². The van der Waals surface area contributed by atoms with Gasteiger partial charge in [0.2, 0.25) is 0 Å². The fraction of sp³-hybridized carbons (Fsp3) is 0.432. The number of carbonyl (C=O) groups is 3. The van der Waals surface area contributed by atoms with Gasteiger partial charge in [0, 0.05) is 50.4 Å². The number of hydrogen-bond donors (Lipinski definition) is 2. The van der Waals surface area contributed by atoms with Crippen molar-refractivity contribution in [2.24, 2.45) is 0 Å². The fourth-order valence-corrected chi connectivity index (χ4v) is 7.19. The van der Waals surface area contributed by atoms with Crippen LogP contribution in [0.15, 0.2) is 42.5 Å². The maximum absolute atomic E-state index is 13.9. The maximum Gasteiger partial charge on any atom is 0.534 e. The predicted molar refractivity (Wildman–Crippen MR) is 188 cm³/mol. The Kier molecular flexibility index (Phi) is 15.1. The van der Waals surface area contributed by atoms with Gasteiger partial charge in [0.1, 0.15) is 5.75 Å². The lowest BCUT2D eigenvalue weighted by Gasteiger charge is -2.21. The number of phenolic OH excluding ortho intramolecular Hbond substituents is 2. The molecule has 0 unspecified atom stereocenters. The van der Waals surface area contributed by atoms with Crippen LogP contribution < -0.4 is 4.18 Å². The van der Waals surface area contributed by atoms with Crippen LogP contribution in [0.1, 0.15) is 33.4 Å². The number of amides is 3. The van der Waals surface area contributed by atoms with Crippen molar-refractivity contribution in [1.82, 2.24) is 14.7 Å². The molecule has 0 spiro atoms. The van der Waals surface area contributed by atoms with E-state index < -0.39 is 94.5 Å². The van der Waals surface area contributed by atoms with Crippen LogP contribution in [0.5, 0.6) is 17.2 Å². The van der Waals surface area contributed by atoms with Crippen LogP contribution in [-0.4, -0.2) is 114 Å². The van der Waals surface area contributed by atoms with Crippen molar-refractivity contribution in [2.45, 2.75) is 62.6 Å². The lowest BCUT2D eigenvalue weighted by Crippen LogP contribution is -2.42. The molecular formula is C37H33F14N3O8S. The number of aromatic hydroxyl groups is 2. The van der Waals surface area contributed by atoms with Crippen LogP contribution in [0.3, 0.4) is 0 Å². The lowest BCUT2D eigenvalue weighted by molar-refractivity contribution is -0.185. The van der Waals surface area contributed by atoms with Gasteiger partial charge in [-0.25, -0.2) is 8.78 Å². The van der Waals surface area contributed by atoms with Crippen LogP contribution >= 0.6 is 0 Å². The number of fused-ring (bicyclic) bond motifs is 3. The smallest absolute Gasteiger partial charge is 0.508 e. The van der Waals surface area contributed by atoms with E-state index in [1.54, 1.807) is 12.1 Å². The van der Waals surface area contributed by atoms with Crippen molar-refractivity contribution in [3.8, 4) is 17.2 Å². The van der Waals surface area contributed by atoms with Gasteiger partial charge in [0.15, 0.2) is 23.1 Å². The monoisotopic (exact) mass is 945 g/mol. The van der Waals surface area contributed by atoms with Crippen molar-refractivity contribution in [1.29, 1.82) is 0 Å². The molecule has 3 aliphatic heterocycles. The number of rotatable bonds is 2. The van der Waals surface area contributed by atoms with Gasteiger partial charge >= 0.3 is 51.9 Å². The standard InChI is InChI=1S/C13H10F7NO4S.C12H11F4NO2.C12H12F3NO2/c14-9-2-1-7-3-5-21(11(22)12(15,16)17)6-4-8(7)10(9)25-26(23,24)13(18,19)20;13-9-2-1-7-3-5-17(11(19)12(14,15)16)6-4-8(7)10(9)18;13-12(14,15)11(18)16-6-4-8-2-1-3-10(17)9(8)5-7-16/h1-2H,3-6H2;1-2,18H,3-6H2;1-3,17H,4-7H2. The summed E-state index contributed by atoms with van der Waals surface area (Å²) in [5.74, 6) is -9.80. The predicted octanol–water partition coefficient (Wildman–Crippen LogP) is 6.45. The van der Waals surface area contributed by atoms with E-state index in [4.69, 9.17) is 0 Å². The summed E-state index contributed by atoms with van der Waals surface area (Å²) in [7, 11) is -6.17. The molecule has 6 rings (SSSR count). The summed E-state index contributed by atoms with van der Waals surface area (Å²) >= 11 is 0. The van der Waals surface area contributed by atoms with E-state index in [2.05, 4.69) is 4.18 Å². The summed E-state index contributed by atoms with van der Waals surface area (Å²) in [6.07, 6.45) is -14.9. The van der Waals surface area contributed by atoms with Crippen molar-refractivity contribution in [2.75, 3.05) is 39.3 Å². The fourth-order valence-electron chi connectivity index (χ4n) is 6.69. The molecule has 0 atom stereocenters. The molecule has 0 saturated heterocycles. The highest BCUT2D eigenvalue weighted by molar-refractivity contribution is 7.88. The molecule has 348 valence electrons. The average molecular weight is 946 g/mol. The van der Waals surface area contributed by atoms with E-state index in [1.165, 1.54) is 12.1 Å². The SMILES string of the molecule is O=C(N1CCc2ccc(F)c(O)c2CC1)C(F)(F)F.O=C(N1CCc2ccc(F)c(OS(=O)(=O)C(F)(F)F)c2CC1)C(F)(F)F.O=C(N1CCc2cccc(O)c2CC1)C(F)(F)F. The minimum atomic E-state index is -6.17. The molecule has 0 aromatic heterocycles. The third-order valence-corrected chi connectivity index (χ3v) is 10.8. The Balaban J connectivity index is 0.000000212. The number of phenols is 2. The van der Waals surface area contributed by atoms with Gasteiger partial charge in [-0.05, 0) is 79.0 Å². The Hall–Kier alpha value is -5.56. The minimum Gasteiger partial charge on any atom is -0.508 e. The second kappa shape index (κ2) is 19.0. The van der Waals surface area contributed by atoms with Crippen molar-refractivity contribution in [3.63, 3.8) is 0 Å². The van der Waals surface area contributed by atoms with Gasteiger partial charge in [-0.3, -0.25) is 14.4 Å². The van der Waals surface area contributed by atoms with Gasteiger partial charge in [-0.2, -0.15) is 61.1 Å². The van der Waals surface area contributed by atoms with Crippen molar-refractivity contribution < 1.29 is 98.7 Å². The third kappa shape index (κ3) is 12.3. The summed E-state index contributed by atoms with van der Waals surface area (Å²) in [6, 6.07) is 9.12. The molecular weight excluding hydrogens is 912 g/mol. The Morgan fingerprint density at radius 1 is 0.508 bits per heavy atom. The molecule has 0 saturated carbocycles. The summed E-state index contributed by atoms with van der Waals surface area (Å²) in [6.45, 7) is -1.32. The number of alkyl halides is 12. The van der Waals surface area contributed by atoms with E-state index in [9.17, 15) is 94.5 Å². The molecule has 3 aliphatic rings. The van der Waals surface area contributed by atoms with Crippen LogP contribution in [-0.2, 0) is 63.0 Å². The zero-order valence-electron chi connectivity index (χ0n) is 31.9. The van der Waals surface area contributed by atoms with Crippen molar-refractivity contribution >= 4 is 27.8 Å². The highest BCUT2D eigenvalue weighted by atomic mass is 32.2. The van der Waals surface area contributed by atoms with Gasteiger partial charge in [-0.1, -0.05) is 24.3 Å². The molecule has 11 nitrogen and oxygen atoms in total. The minimum absolute atomic E-state index is 0.000741. The van der Waals surface area contributed by atoms with Gasteiger partial charge in [0.25, 0.3) is 0 Å². The molecule has 0 aliphatic carbocycles. The molecule has 0 bridgehead atoms. The molecule has 3 aromatic rings. The molecule has 2 N–H and O–H groups in total. The average Bonchev–Trinajstić information content (AvgIpc) is 3.64. The molecule has 26 heteroatoms. The van der Waals surface area contributed by atoms with Crippen LogP contribution in [0.2, 0.25) is 0 Å². The quantitative estimate of drug-likeness (QED) is 0.170. The summed E-state index contributed by atoms with van der Waals surface area (Å²) in [5.41, 5.74) is -3.80. The lowest BCUT2D eigenvalue weighted by atomic mass is 10.0. The van der Waals surface area contributed by atoms with E-state index in [0.717, 1.165) is 22.6 Å². The molecule has 3 amide bonds. The Morgan fingerprint density at radius 2 is 0.873 bits per heavy atom. The highest BCUT2D eigenvalue weighted by Crippen LogP contribution is 2.35. The van der Waals surface area contributed by atoms with Gasteiger partial charge in [-0.15, -0.1) is 0 Å². The Morgan fingerprint density at radius 3 is 1.30 bits per heavy atom. The summed E-state index contributed by atoms with van der Waals surface area (Å²) in [4.78, 5) is 35.4. The second-order valence-corrected chi connectivity index (χ2v) is 15.4. The molecule has 0 radical (unpaired) electrons. The summed E-state index contributed by atoms with van der Waals surface area (Å²) < 4.78 is 202. The highest BCUT2D eigenvalue weighted by Gasteiger charge is 2.50. The first kappa shape index (κ1) is 50.1. The van der Waals surface area contributed by atoms with Gasteiger partial charge in [0.05, 0.1) is 0 Å². The van der Waals surface area contributed by atoms with E-state index >= 15 is 0 Å². The summed E-state index contributed by atoms with van der Waals surface area (Å²) in [5, 5.41) is 19.2. The van der Waals surface area contributed by atoms with E-state index in [0.29, 0.717) is 33.4 Å². The normalized spacial score (nSPS) is 16.0. The van der Waals surface area contributed by atoms with Crippen LogP contribution in [0.25, 0.3) is 0 Å². The largest absolute Gasteiger partial charge is 0.534 e. The third-order valence-electron chi connectivity index (χ3n) is 9.80. The number of carbonyl (C=O) groups excluding carboxylic acids is 3. The first-order chi connectivity index (χ1) is 28.9. The number of hydrogen-bond acceptors (Lipinski definition) is 8. The van der Waals surface area contributed by atoms with Gasteiger partial charge < -0.3 is 29.1 Å². The molecule has 3 heterocycles. The van der Waals surface area contributed by atoms with E-state index in [1.807, 2.05) is 0 Å². The zero-order valence-corrected chi connectivity index (χ0v) is 32.7. The maximum atomic E-state index is 13.9. The number of benzene rings is 3. The first-order valence-corrected chi connectivity index (χ1v) is 19.5. The first-order valence-electron chi connectivity index (χ1n) is 18.1. The number of halogens is 14. The van der Waals surface area contributed by atoms with Crippen LogP contribution in [0, 0.1) is 11.6 Å². The van der Waals surface area contributed by atoms with Crippen LogP contribution in [0.4, 0.5) is 61.5 Å². The Bertz CT molecular complexity index is 2300.